The Balaban J connectivity index is 1.25. The van der Waals surface area contributed by atoms with Crippen LogP contribution in [0, 0.1) is 5.92 Å². The molecule has 48 heavy (non-hydrogen) atoms. The first-order valence-electron chi connectivity index (χ1n) is 17.1. The van der Waals surface area contributed by atoms with E-state index in [9.17, 15) is 27.6 Å². The molecule has 0 radical (unpaired) electrons. The second-order valence-corrected chi connectivity index (χ2v) is 15.6. The molecule has 0 bridgehead atoms. The van der Waals surface area contributed by atoms with Crippen molar-refractivity contribution in [3.63, 3.8) is 0 Å². The van der Waals surface area contributed by atoms with Crippen molar-refractivity contribution in [2.24, 2.45) is 11.1 Å². The van der Waals surface area contributed by atoms with Crippen molar-refractivity contribution in [2.45, 2.75) is 119 Å². The first kappa shape index (κ1) is 33.9. The fraction of sp³-hybridized carbons (Fsp3) is 0.618. The fourth-order valence-corrected chi connectivity index (χ4v) is 7.90. The Labute approximate surface area is 281 Å². The highest BCUT2D eigenvalue weighted by molar-refractivity contribution is 7.91. The number of amides is 4. The summed E-state index contributed by atoms with van der Waals surface area (Å²) in [7, 11) is -3.86. The minimum Gasteiger partial charge on any atom is -0.446 e. The number of oxime groups is 1. The third kappa shape index (κ3) is 7.85. The van der Waals surface area contributed by atoms with Crippen LogP contribution in [-0.2, 0) is 34.0 Å². The number of ether oxygens (including phenoxy) is 1. The summed E-state index contributed by atoms with van der Waals surface area (Å²) in [6, 6.07) is 7.46. The largest absolute Gasteiger partial charge is 0.446 e. The number of nitrogens with zero attached hydrogens (tertiary/aromatic N) is 2. The highest BCUT2D eigenvalue weighted by Crippen LogP contribution is 2.46. The lowest BCUT2D eigenvalue weighted by Crippen LogP contribution is -2.58. The highest BCUT2D eigenvalue weighted by atomic mass is 32.2. The standard InChI is InChI=1S/C34H45N5O8S/c1-22(23-11-6-5-7-12-23)37-47-26-19-29-30(40)36-34(32(42)38-48(44,45)27-17-18-27)20-24(34)13-8-3-2-4-9-16-28(31(41)39(29)21-26)35-33(43)46-25-14-10-15-25/h5-8,11-13,24-29H,2-4,9-10,14-21H2,1H3,(H,35,43)(H,36,40)(H,38,42)/b13-8-,37-22+/t24-,26-,28+,29+,34+/m1/s1. The number of carbonyl (C=O) groups excluding carboxylic acids is 4. The Hall–Kier alpha value is -3.94. The van der Waals surface area contributed by atoms with Gasteiger partial charge in [0.15, 0.2) is 0 Å². The minimum atomic E-state index is -3.86. The van der Waals surface area contributed by atoms with Crippen molar-refractivity contribution in [3.8, 4) is 0 Å². The van der Waals surface area contributed by atoms with Crippen LogP contribution >= 0.6 is 0 Å². The van der Waals surface area contributed by atoms with Crippen molar-refractivity contribution in [3.05, 3.63) is 48.0 Å². The van der Waals surface area contributed by atoms with Crippen LogP contribution in [0.5, 0.6) is 0 Å². The molecule has 14 heteroatoms. The van der Waals surface area contributed by atoms with Gasteiger partial charge in [-0.1, -0.05) is 60.5 Å². The van der Waals surface area contributed by atoms with E-state index in [1.54, 1.807) is 6.92 Å². The van der Waals surface area contributed by atoms with Gasteiger partial charge in [-0.05, 0) is 70.3 Å². The van der Waals surface area contributed by atoms with Crippen LogP contribution in [0.25, 0.3) is 0 Å². The molecule has 260 valence electrons. The number of fused-ring (bicyclic) bond motifs is 2. The third-order valence-corrected chi connectivity index (χ3v) is 11.8. The van der Waals surface area contributed by atoms with E-state index >= 15 is 0 Å². The van der Waals surface area contributed by atoms with E-state index in [2.05, 4.69) is 20.5 Å². The minimum absolute atomic E-state index is 0.0247. The second kappa shape index (κ2) is 14.3. The number of carbonyl (C=O) groups is 4. The molecule has 5 atom stereocenters. The smallest absolute Gasteiger partial charge is 0.408 e. The van der Waals surface area contributed by atoms with Gasteiger partial charge < -0.3 is 25.1 Å². The molecule has 3 aliphatic carbocycles. The van der Waals surface area contributed by atoms with Gasteiger partial charge >= 0.3 is 6.09 Å². The molecule has 3 N–H and O–H groups in total. The van der Waals surface area contributed by atoms with Gasteiger partial charge in [-0.2, -0.15) is 0 Å². The van der Waals surface area contributed by atoms with E-state index in [1.807, 2.05) is 42.5 Å². The molecule has 13 nitrogen and oxygen atoms in total. The highest BCUT2D eigenvalue weighted by Gasteiger charge is 2.62. The molecule has 3 saturated carbocycles. The van der Waals surface area contributed by atoms with Gasteiger partial charge in [-0.15, -0.1) is 0 Å². The molecule has 5 aliphatic rings. The maximum Gasteiger partial charge on any atom is 0.408 e. The number of benzene rings is 1. The maximum absolute atomic E-state index is 14.2. The number of hydrogen-bond donors (Lipinski definition) is 3. The summed E-state index contributed by atoms with van der Waals surface area (Å²) in [4.78, 5) is 62.0. The van der Waals surface area contributed by atoms with Gasteiger partial charge in [0.25, 0.3) is 5.91 Å². The van der Waals surface area contributed by atoms with Gasteiger partial charge in [0.2, 0.25) is 21.8 Å². The molecule has 1 saturated heterocycles. The molecule has 1 aromatic rings. The number of sulfonamides is 1. The lowest BCUT2D eigenvalue weighted by atomic mass is 9.96. The number of nitrogens with one attached hydrogen (secondary N) is 3. The first-order chi connectivity index (χ1) is 23.1. The summed E-state index contributed by atoms with van der Waals surface area (Å²) in [6.45, 7) is 1.82. The monoisotopic (exact) mass is 683 g/mol. The SMILES string of the molecule is C/C(=N\O[C@@H]1C[C@H]2C(=O)N[C@@]3(C(=O)NS(=O)(=O)C4CC4)C[C@H]3/C=C\CCCCC[C@H](NC(=O)OC3CCC3)C(=O)N2C1)c1ccccc1. The molecule has 0 spiro atoms. The van der Waals surface area contributed by atoms with Crippen molar-refractivity contribution < 1.29 is 37.2 Å². The van der Waals surface area contributed by atoms with Crippen molar-refractivity contribution in [2.75, 3.05) is 6.54 Å². The van der Waals surface area contributed by atoms with E-state index in [4.69, 9.17) is 9.57 Å². The molecule has 4 amide bonds. The predicted molar refractivity (Wildman–Crippen MR) is 176 cm³/mol. The molecular formula is C34H45N5O8S. The van der Waals surface area contributed by atoms with E-state index in [1.165, 1.54) is 4.90 Å². The number of rotatable bonds is 8. The molecule has 1 aromatic carbocycles. The molecule has 2 aliphatic heterocycles. The van der Waals surface area contributed by atoms with Crippen molar-refractivity contribution in [1.82, 2.24) is 20.3 Å². The fourth-order valence-electron chi connectivity index (χ4n) is 6.54. The zero-order valence-electron chi connectivity index (χ0n) is 27.3. The van der Waals surface area contributed by atoms with E-state index in [0.29, 0.717) is 31.4 Å². The van der Waals surface area contributed by atoms with E-state index in [0.717, 1.165) is 44.1 Å². The Morgan fingerprint density at radius 1 is 1.00 bits per heavy atom. The van der Waals surface area contributed by atoms with Crippen LogP contribution in [0.1, 0.15) is 89.5 Å². The van der Waals surface area contributed by atoms with Crippen LogP contribution in [0.3, 0.4) is 0 Å². The Kier molecular flexibility index (Phi) is 10.1. The summed E-state index contributed by atoms with van der Waals surface area (Å²) in [6.07, 6.45) is 9.55. The van der Waals surface area contributed by atoms with Crippen LogP contribution in [0.15, 0.2) is 47.6 Å². The Bertz CT molecular complexity index is 1560. The summed E-state index contributed by atoms with van der Waals surface area (Å²) < 4.78 is 33.1. The van der Waals surface area contributed by atoms with Crippen molar-refractivity contribution >= 4 is 39.5 Å². The molecule has 2 heterocycles. The average molecular weight is 684 g/mol. The lowest BCUT2D eigenvalue weighted by Gasteiger charge is -2.30. The molecule has 6 rings (SSSR count). The summed E-state index contributed by atoms with van der Waals surface area (Å²) >= 11 is 0. The molecular weight excluding hydrogens is 638 g/mol. The normalized spacial score (nSPS) is 30.7. The van der Waals surface area contributed by atoms with Gasteiger partial charge in [-0.3, -0.25) is 19.1 Å². The second-order valence-electron chi connectivity index (χ2n) is 13.7. The molecule has 0 unspecified atom stereocenters. The third-order valence-electron chi connectivity index (χ3n) is 9.99. The quantitative estimate of drug-likeness (QED) is 0.213. The zero-order chi connectivity index (χ0) is 33.9. The summed E-state index contributed by atoms with van der Waals surface area (Å²) in [5.41, 5.74) is 0.0138. The lowest BCUT2D eigenvalue weighted by molar-refractivity contribution is -0.141. The Morgan fingerprint density at radius 3 is 2.48 bits per heavy atom. The van der Waals surface area contributed by atoms with Gasteiger partial charge in [0, 0.05) is 12.3 Å². The van der Waals surface area contributed by atoms with Crippen LogP contribution < -0.4 is 15.4 Å². The zero-order valence-corrected chi connectivity index (χ0v) is 28.1. The predicted octanol–water partition coefficient (Wildman–Crippen LogP) is 3.05. The molecule has 0 aromatic heterocycles. The van der Waals surface area contributed by atoms with Gasteiger partial charge in [0.1, 0.15) is 29.8 Å². The summed E-state index contributed by atoms with van der Waals surface area (Å²) in [5, 5.41) is 9.30. The van der Waals surface area contributed by atoms with E-state index in [-0.39, 0.29) is 25.5 Å². The number of hydrogen-bond acceptors (Lipinski definition) is 9. The number of allylic oxidation sites excluding steroid dienone is 1. The first-order valence-corrected chi connectivity index (χ1v) is 18.7. The topological polar surface area (TPSA) is 173 Å². The Morgan fingerprint density at radius 2 is 1.77 bits per heavy atom. The van der Waals surface area contributed by atoms with E-state index < -0.39 is 68.7 Å². The van der Waals surface area contributed by atoms with Crippen molar-refractivity contribution in [1.29, 1.82) is 0 Å². The van der Waals surface area contributed by atoms with Gasteiger partial charge in [-0.25, -0.2) is 13.2 Å². The number of alkyl carbamates (subject to hydrolysis) is 1. The average Bonchev–Trinajstić information content (AvgIpc) is 3.97. The summed E-state index contributed by atoms with van der Waals surface area (Å²) in [5.74, 6) is -2.22. The van der Waals surface area contributed by atoms with Crippen LogP contribution in [0.2, 0.25) is 0 Å². The van der Waals surface area contributed by atoms with Crippen LogP contribution in [-0.4, -0.2) is 84.5 Å². The van der Waals surface area contributed by atoms with Crippen LogP contribution in [0.4, 0.5) is 4.79 Å². The molecule has 4 fully saturated rings. The van der Waals surface area contributed by atoms with Gasteiger partial charge in [0.05, 0.1) is 17.5 Å². The maximum atomic E-state index is 14.2.